The van der Waals surface area contributed by atoms with Crippen LogP contribution in [-0.4, -0.2) is 17.8 Å². The lowest BCUT2D eigenvalue weighted by molar-refractivity contribution is -0.0499. The van der Waals surface area contributed by atoms with Crippen molar-refractivity contribution in [1.29, 1.82) is 0 Å². The van der Waals surface area contributed by atoms with Crippen molar-refractivity contribution in [3.63, 3.8) is 0 Å². The zero-order valence-electron chi connectivity index (χ0n) is 10.9. The van der Waals surface area contributed by atoms with E-state index in [9.17, 15) is 13.9 Å². The highest BCUT2D eigenvalue weighted by molar-refractivity contribution is 5.85. The number of rotatable bonds is 6. The van der Waals surface area contributed by atoms with Gasteiger partial charge in [-0.25, -0.2) is 0 Å². The van der Waals surface area contributed by atoms with Gasteiger partial charge >= 0.3 is 6.61 Å². The van der Waals surface area contributed by atoms with E-state index in [1.165, 1.54) is 12.1 Å². The van der Waals surface area contributed by atoms with E-state index in [4.69, 9.17) is 5.73 Å². The predicted octanol–water partition coefficient (Wildman–Crippen LogP) is 3.12. The minimum atomic E-state index is -2.86. The summed E-state index contributed by atoms with van der Waals surface area (Å²) < 4.78 is 28.5. The first-order chi connectivity index (χ1) is 8.45. The second-order valence-corrected chi connectivity index (χ2v) is 4.35. The van der Waals surface area contributed by atoms with Gasteiger partial charge in [0.05, 0.1) is 12.1 Å². The zero-order valence-corrected chi connectivity index (χ0v) is 11.7. The second kappa shape index (κ2) is 8.30. The molecule has 0 bridgehead atoms. The molecule has 1 unspecified atom stereocenters. The predicted molar refractivity (Wildman–Crippen MR) is 72.7 cm³/mol. The number of aliphatic hydroxyl groups excluding tert-OH is 1. The van der Waals surface area contributed by atoms with Gasteiger partial charge < -0.3 is 15.6 Å². The van der Waals surface area contributed by atoms with Crippen LogP contribution < -0.4 is 10.5 Å². The first-order valence-corrected chi connectivity index (χ1v) is 5.94. The number of alkyl halides is 2. The fourth-order valence-corrected chi connectivity index (χ4v) is 1.69. The molecule has 0 saturated carbocycles. The molecule has 1 aromatic carbocycles. The normalized spacial score (nSPS) is 15.5. The molecule has 3 atom stereocenters. The van der Waals surface area contributed by atoms with E-state index in [1.807, 2.05) is 13.8 Å². The van der Waals surface area contributed by atoms with Crippen LogP contribution in [0, 0.1) is 5.92 Å². The molecule has 3 nitrogen and oxygen atoms in total. The highest BCUT2D eigenvalue weighted by Crippen LogP contribution is 2.25. The molecule has 6 heteroatoms. The van der Waals surface area contributed by atoms with Crippen molar-refractivity contribution >= 4 is 12.4 Å². The smallest absolute Gasteiger partial charge is 0.387 e. The molecule has 110 valence electrons. The van der Waals surface area contributed by atoms with Crippen LogP contribution >= 0.6 is 12.4 Å². The molecule has 1 rings (SSSR count). The maximum absolute atomic E-state index is 12.1. The minimum Gasteiger partial charge on any atom is -0.435 e. The molecular formula is C13H20ClF2NO2. The third-order valence-corrected chi connectivity index (χ3v) is 3.06. The second-order valence-electron chi connectivity index (χ2n) is 4.35. The number of ether oxygens (including phenoxy) is 1. The zero-order chi connectivity index (χ0) is 13.7. The highest BCUT2D eigenvalue weighted by atomic mass is 35.5. The number of hydrogen-bond acceptors (Lipinski definition) is 3. The average Bonchev–Trinajstić information content (AvgIpc) is 2.35. The molecule has 0 aromatic heterocycles. The summed E-state index contributed by atoms with van der Waals surface area (Å²) in [4.78, 5) is 0. The number of aliphatic hydroxyl groups is 1. The first kappa shape index (κ1) is 18.1. The van der Waals surface area contributed by atoms with Gasteiger partial charge in [0.15, 0.2) is 0 Å². The lowest BCUT2D eigenvalue weighted by Gasteiger charge is -2.24. The third-order valence-electron chi connectivity index (χ3n) is 3.06. The van der Waals surface area contributed by atoms with E-state index in [1.54, 1.807) is 12.1 Å². The van der Waals surface area contributed by atoms with Crippen molar-refractivity contribution in [3.05, 3.63) is 29.8 Å². The third kappa shape index (κ3) is 5.30. The number of halogens is 3. The summed E-state index contributed by atoms with van der Waals surface area (Å²) in [6.45, 7) is 0.983. The van der Waals surface area contributed by atoms with Gasteiger partial charge in [0.1, 0.15) is 5.75 Å². The molecule has 0 fully saturated rings. The molecule has 0 spiro atoms. The Kier molecular flexibility index (Phi) is 7.90. The number of hydrogen-bond donors (Lipinski definition) is 2. The Hall–Kier alpha value is -0.910. The largest absolute Gasteiger partial charge is 0.435 e. The number of benzene rings is 1. The Labute approximate surface area is 118 Å². The van der Waals surface area contributed by atoms with Crippen LogP contribution in [0.4, 0.5) is 8.78 Å². The summed E-state index contributed by atoms with van der Waals surface area (Å²) >= 11 is 0. The molecule has 0 aliphatic rings. The lowest BCUT2D eigenvalue weighted by atomic mass is 9.91. The van der Waals surface area contributed by atoms with Crippen molar-refractivity contribution in [3.8, 4) is 5.75 Å². The van der Waals surface area contributed by atoms with Crippen LogP contribution in [-0.2, 0) is 0 Å². The van der Waals surface area contributed by atoms with E-state index in [-0.39, 0.29) is 24.1 Å². The van der Waals surface area contributed by atoms with Gasteiger partial charge in [-0.1, -0.05) is 32.4 Å². The summed E-state index contributed by atoms with van der Waals surface area (Å²) in [6, 6.07) is 5.52. The fourth-order valence-electron chi connectivity index (χ4n) is 1.69. The van der Waals surface area contributed by atoms with Crippen molar-refractivity contribution in [2.45, 2.75) is 39.0 Å². The summed E-state index contributed by atoms with van der Waals surface area (Å²) in [5.74, 6) is 0.0916. The van der Waals surface area contributed by atoms with Crippen LogP contribution in [0.1, 0.15) is 31.9 Å². The standard InChI is InChI=1S/C13H19F2NO2.ClH/c1-3-8(2)12(17)11(16)9-5-4-6-10(7-9)18-13(14)15;/h4-8,11-13,17H,3,16H2,1-2H3;1H/t8?,11-,12+;/m0./s1. The topological polar surface area (TPSA) is 55.5 Å². The van der Waals surface area contributed by atoms with Crippen LogP contribution in [0.5, 0.6) is 5.75 Å². The fraction of sp³-hybridized carbons (Fsp3) is 0.538. The average molecular weight is 296 g/mol. The lowest BCUT2D eigenvalue weighted by Crippen LogP contribution is -2.31. The van der Waals surface area contributed by atoms with Gasteiger partial charge in [-0.05, 0) is 23.6 Å². The molecule has 0 radical (unpaired) electrons. The van der Waals surface area contributed by atoms with Crippen LogP contribution in [0.15, 0.2) is 24.3 Å². The molecular weight excluding hydrogens is 276 g/mol. The first-order valence-electron chi connectivity index (χ1n) is 5.94. The Balaban J connectivity index is 0.00000324. The molecule has 0 aliphatic carbocycles. The Morgan fingerprint density at radius 1 is 1.37 bits per heavy atom. The highest BCUT2D eigenvalue weighted by Gasteiger charge is 2.22. The Morgan fingerprint density at radius 3 is 2.53 bits per heavy atom. The molecule has 19 heavy (non-hydrogen) atoms. The summed E-state index contributed by atoms with van der Waals surface area (Å²) in [5, 5.41) is 10.00. The van der Waals surface area contributed by atoms with Gasteiger partial charge in [0.2, 0.25) is 0 Å². The molecule has 0 aliphatic heterocycles. The van der Waals surface area contributed by atoms with E-state index in [0.29, 0.717) is 5.56 Å². The quantitative estimate of drug-likeness (QED) is 0.848. The van der Waals surface area contributed by atoms with Crippen molar-refractivity contribution in [2.24, 2.45) is 11.7 Å². The van der Waals surface area contributed by atoms with Crippen LogP contribution in [0.25, 0.3) is 0 Å². The molecule has 0 amide bonds. The molecule has 0 saturated heterocycles. The maximum Gasteiger partial charge on any atom is 0.387 e. The van der Waals surface area contributed by atoms with Gasteiger partial charge in [0, 0.05) is 0 Å². The van der Waals surface area contributed by atoms with Crippen molar-refractivity contribution in [2.75, 3.05) is 0 Å². The van der Waals surface area contributed by atoms with Gasteiger partial charge in [-0.2, -0.15) is 8.78 Å². The summed E-state index contributed by atoms with van der Waals surface area (Å²) in [5.41, 5.74) is 6.51. The van der Waals surface area contributed by atoms with Gasteiger partial charge in [-0.15, -0.1) is 12.4 Å². The van der Waals surface area contributed by atoms with Crippen LogP contribution in [0.2, 0.25) is 0 Å². The monoisotopic (exact) mass is 295 g/mol. The SMILES string of the molecule is CCC(C)[C@@H](O)[C@@H](N)c1cccc(OC(F)F)c1.Cl. The minimum absolute atomic E-state index is 0. The van der Waals surface area contributed by atoms with E-state index >= 15 is 0 Å². The van der Waals surface area contributed by atoms with Crippen LogP contribution in [0.3, 0.4) is 0 Å². The van der Waals surface area contributed by atoms with E-state index < -0.39 is 18.8 Å². The summed E-state index contributed by atoms with van der Waals surface area (Å²) in [7, 11) is 0. The molecule has 1 aromatic rings. The molecule has 3 N–H and O–H groups in total. The summed E-state index contributed by atoms with van der Waals surface area (Å²) in [6.07, 6.45) is 0.0824. The maximum atomic E-state index is 12.1. The van der Waals surface area contributed by atoms with Gasteiger partial charge in [0.25, 0.3) is 0 Å². The van der Waals surface area contributed by atoms with E-state index in [0.717, 1.165) is 6.42 Å². The van der Waals surface area contributed by atoms with E-state index in [2.05, 4.69) is 4.74 Å². The molecule has 0 heterocycles. The number of nitrogens with two attached hydrogens (primary N) is 1. The van der Waals surface area contributed by atoms with Crippen molar-refractivity contribution in [1.82, 2.24) is 0 Å². The van der Waals surface area contributed by atoms with Crippen molar-refractivity contribution < 1.29 is 18.6 Å². The Morgan fingerprint density at radius 2 is 2.00 bits per heavy atom. The Bertz CT molecular complexity index is 379. The van der Waals surface area contributed by atoms with Gasteiger partial charge in [-0.3, -0.25) is 0 Å².